The maximum absolute atomic E-state index is 13.5. The number of hydrogen-bond donors (Lipinski definition) is 1. The van der Waals surface area contributed by atoms with Crippen molar-refractivity contribution in [3.8, 4) is 0 Å². The lowest BCUT2D eigenvalue weighted by atomic mass is 9.85. The van der Waals surface area contributed by atoms with Crippen LogP contribution < -0.4 is 10.6 Å². The molecule has 1 heterocycles. The van der Waals surface area contributed by atoms with Crippen LogP contribution >= 0.6 is 0 Å². The normalized spacial score (nSPS) is 29.1. The minimum atomic E-state index is -2.47. The summed E-state index contributed by atoms with van der Waals surface area (Å²) in [7, 11) is 0. The Kier molecular flexibility index (Phi) is 3.67. The Balaban J connectivity index is 1.74. The number of para-hydroxylation sites is 1. The summed E-state index contributed by atoms with van der Waals surface area (Å²) in [5.41, 5.74) is 8.54. The molecule has 2 atom stereocenters. The highest BCUT2D eigenvalue weighted by molar-refractivity contribution is 5.56. The van der Waals surface area contributed by atoms with Crippen LogP contribution in [0.5, 0.6) is 0 Å². The third kappa shape index (κ3) is 2.95. The first-order chi connectivity index (χ1) is 9.53. The fraction of sp³-hybridized carbons (Fsp3) is 0.625. The number of anilines is 1. The minimum Gasteiger partial charge on any atom is -0.369 e. The summed E-state index contributed by atoms with van der Waals surface area (Å²) in [5.74, 6) is -2.39. The molecule has 4 heteroatoms. The molecule has 0 bridgehead atoms. The highest BCUT2D eigenvalue weighted by atomic mass is 19.3. The van der Waals surface area contributed by atoms with E-state index in [2.05, 4.69) is 17.0 Å². The first-order valence-corrected chi connectivity index (χ1v) is 7.50. The number of benzene rings is 1. The minimum absolute atomic E-state index is 0.0287. The Morgan fingerprint density at radius 3 is 2.90 bits per heavy atom. The predicted molar refractivity (Wildman–Crippen MR) is 77.2 cm³/mol. The van der Waals surface area contributed by atoms with Gasteiger partial charge in [-0.1, -0.05) is 18.2 Å². The van der Waals surface area contributed by atoms with Gasteiger partial charge in [0.15, 0.2) is 0 Å². The van der Waals surface area contributed by atoms with Crippen molar-refractivity contribution in [2.24, 2.45) is 11.7 Å². The molecular weight excluding hydrogens is 258 g/mol. The van der Waals surface area contributed by atoms with Gasteiger partial charge in [-0.3, -0.25) is 0 Å². The lowest BCUT2D eigenvalue weighted by molar-refractivity contribution is -0.0511. The third-order valence-electron chi connectivity index (χ3n) is 4.49. The van der Waals surface area contributed by atoms with Gasteiger partial charge in [-0.25, -0.2) is 8.78 Å². The molecule has 0 spiro atoms. The molecule has 1 fully saturated rings. The van der Waals surface area contributed by atoms with Crippen molar-refractivity contribution in [1.29, 1.82) is 0 Å². The molecule has 0 amide bonds. The largest absolute Gasteiger partial charge is 0.369 e. The summed E-state index contributed by atoms with van der Waals surface area (Å²) in [6, 6.07) is 8.31. The van der Waals surface area contributed by atoms with Crippen LogP contribution in [0, 0.1) is 5.92 Å². The first-order valence-electron chi connectivity index (χ1n) is 7.50. The molecule has 1 aliphatic heterocycles. The van der Waals surface area contributed by atoms with Crippen LogP contribution in [0.25, 0.3) is 0 Å². The average molecular weight is 280 g/mol. The van der Waals surface area contributed by atoms with E-state index in [0.717, 1.165) is 19.4 Å². The zero-order chi connectivity index (χ0) is 14.2. The van der Waals surface area contributed by atoms with Crippen LogP contribution in [0.1, 0.15) is 31.2 Å². The monoisotopic (exact) mass is 280 g/mol. The third-order valence-corrected chi connectivity index (χ3v) is 4.49. The Morgan fingerprint density at radius 1 is 1.30 bits per heavy atom. The summed E-state index contributed by atoms with van der Waals surface area (Å²) in [6.45, 7) is 1.49. The molecule has 1 saturated carbocycles. The van der Waals surface area contributed by atoms with Crippen molar-refractivity contribution < 1.29 is 8.78 Å². The zero-order valence-electron chi connectivity index (χ0n) is 11.7. The topological polar surface area (TPSA) is 29.3 Å². The number of halogens is 2. The number of nitrogens with two attached hydrogens (primary N) is 1. The molecule has 1 aromatic carbocycles. The fourth-order valence-corrected chi connectivity index (χ4v) is 3.64. The van der Waals surface area contributed by atoms with Gasteiger partial charge in [-0.2, -0.15) is 0 Å². The van der Waals surface area contributed by atoms with Crippen LogP contribution in [0.15, 0.2) is 24.3 Å². The standard InChI is InChI=1S/C16H22F2N2/c17-16(18)7-3-4-12(9-16)10-20-11-14(19)8-13-5-1-2-6-15(13)20/h1-2,5-6,12,14H,3-4,7-11,19H2. The predicted octanol–water partition coefficient (Wildman–Crippen LogP) is 3.20. The van der Waals surface area contributed by atoms with E-state index in [0.29, 0.717) is 13.0 Å². The number of nitrogens with zero attached hydrogens (tertiary/aromatic N) is 1. The van der Waals surface area contributed by atoms with Gasteiger partial charge >= 0.3 is 0 Å². The van der Waals surface area contributed by atoms with E-state index in [9.17, 15) is 8.78 Å². The zero-order valence-corrected chi connectivity index (χ0v) is 11.7. The molecule has 0 radical (unpaired) electrons. The summed E-state index contributed by atoms with van der Waals surface area (Å²) in [4.78, 5) is 2.22. The lowest BCUT2D eigenvalue weighted by Gasteiger charge is -2.39. The number of rotatable bonds is 2. The van der Waals surface area contributed by atoms with E-state index < -0.39 is 5.92 Å². The van der Waals surface area contributed by atoms with E-state index >= 15 is 0 Å². The molecule has 2 N–H and O–H groups in total. The van der Waals surface area contributed by atoms with Crippen LogP contribution in [0.2, 0.25) is 0 Å². The van der Waals surface area contributed by atoms with Gasteiger partial charge in [0.25, 0.3) is 0 Å². The SMILES string of the molecule is NC1Cc2ccccc2N(CC2CCCC(F)(F)C2)C1. The highest BCUT2D eigenvalue weighted by Crippen LogP contribution is 2.38. The van der Waals surface area contributed by atoms with Crippen LogP contribution in [0.4, 0.5) is 14.5 Å². The maximum Gasteiger partial charge on any atom is 0.248 e. The molecule has 2 aliphatic rings. The van der Waals surface area contributed by atoms with E-state index in [4.69, 9.17) is 5.73 Å². The molecule has 2 nitrogen and oxygen atoms in total. The van der Waals surface area contributed by atoms with Crippen molar-refractivity contribution in [3.63, 3.8) is 0 Å². The second kappa shape index (κ2) is 5.32. The Labute approximate surface area is 118 Å². The quantitative estimate of drug-likeness (QED) is 0.901. The van der Waals surface area contributed by atoms with Gasteiger partial charge < -0.3 is 10.6 Å². The lowest BCUT2D eigenvalue weighted by Crippen LogP contribution is -2.46. The number of alkyl halides is 2. The highest BCUT2D eigenvalue weighted by Gasteiger charge is 2.37. The van der Waals surface area contributed by atoms with Crippen LogP contribution in [0.3, 0.4) is 0 Å². The van der Waals surface area contributed by atoms with E-state index in [1.165, 1.54) is 11.3 Å². The summed E-state index contributed by atoms with van der Waals surface area (Å²) < 4.78 is 27.1. The smallest absolute Gasteiger partial charge is 0.248 e. The Morgan fingerprint density at radius 2 is 2.10 bits per heavy atom. The van der Waals surface area contributed by atoms with Crippen LogP contribution in [-0.2, 0) is 6.42 Å². The second-order valence-corrected chi connectivity index (χ2v) is 6.32. The summed E-state index contributed by atoms with van der Waals surface area (Å²) in [6.07, 6.45) is 2.51. The van der Waals surface area contributed by atoms with E-state index in [1.54, 1.807) is 0 Å². The molecule has 3 rings (SSSR count). The van der Waals surface area contributed by atoms with E-state index in [-0.39, 0.29) is 24.8 Å². The molecule has 110 valence electrons. The Bertz CT molecular complexity index is 475. The molecule has 0 aromatic heterocycles. The average Bonchev–Trinajstić information content (AvgIpc) is 2.37. The summed E-state index contributed by atoms with van der Waals surface area (Å²) >= 11 is 0. The van der Waals surface area contributed by atoms with Gasteiger partial charge in [0.05, 0.1) is 0 Å². The van der Waals surface area contributed by atoms with Crippen molar-refractivity contribution >= 4 is 5.69 Å². The van der Waals surface area contributed by atoms with Crippen molar-refractivity contribution in [3.05, 3.63) is 29.8 Å². The molecule has 1 aliphatic carbocycles. The maximum atomic E-state index is 13.5. The van der Waals surface area contributed by atoms with Crippen molar-refractivity contribution in [2.75, 3.05) is 18.0 Å². The molecule has 1 aromatic rings. The van der Waals surface area contributed by atoms with Gasteiger partial charge in [-0.05, 0) is 36.8 Å². The number of hydrogen-bond acceptors (Lipinski definition) is 2. The van der Waals surface area contributed by atoms with Crippen LogP contribution in [-0.4, -0.2) is 25.1 Å². The van der Waals surface area contributed by atoms with E-state index in [1.807, 2.05) is 12.1 Å². The molecule has 2 unspecified atom stereocenters. The van der Waals surface area contributed by atoms with Crippen molar-refractivity contribution in [2.45, 2.75) is 44.1 Å². The molecule has 20 heavy (non-hydrogen) atoms. The first kappa shape index (κ1) is 13.8. The summed E-state index contributed by atoms with van der Waals surface area (Å²) in [5, 5.41) is 0. The second-order valence-electron chi connectivity index (χ2n) is 6.32. The number of fused-ring (bicyclic) bond motifs is 1. The molecular formula is C16H22F2N2. The molecule has 0 saturated heterocycles. The van der Waals surface area contributed by atoms with Gasteiger partial charge in [0, 0.05) is 37.7 Å². The van der Waals surface area contributed by atoms with Crippen molar-refractivity contribution in [1.82, 2.24) is 0 Å². The van der Waals surface area contributed by atoms with Gasteiger partial charge in [0.1, 0.15) is 0 Å². The van der Waals surface area contributed by atoms with Gasteiger partial charge in [0.2, 0.25) is 5.92 Å². The Hall–Kier alpha value is -1.16. The van der Waals surface area contributed by atoms with Gasteiger partial charge in [-0.15, -0.1) is 0 Å². The fourth-order valence-electron chi connectivity index (χ4n) is 3.64.